The minimum absolute atomic E-state index is 0.139. The van der Waals surface area contributed by atoms with Crippen LogP contribution in [0.4, 0.5) is 0 Å². The summed E-state index contributed by atoms with van der Waals surface area (Å²) in [5, 5.41) is 0. The van der Waals surface area contributed by atoms with Crippen LogP contribution in [0.2, 0.25) is 570 Å². The minimum Gasteiger partial charge on any atom is -0.0750 e. The molecule has 0 fully saturated rings. The number of hydrogen-bond acceptors (Lipinski definition) is 0. The van der Waals surface area contributed by atoms with Gasteiger partial charge in [0.1, 0.15) is 0 Å². The van der Waals surface area contributed by atoms with Crippen molar-refractivity contribution in [3.63, 3.8) is 0 Å². The quantitative estimate of drug-likeness (QED) is 0.212. The first kappa shape index (κ1) is 281. The van der Waals surface area contributed by atoms with Gasteiger partial charge in [-0.15, -0.1) is 0 Å². The molecule has 0 rings (SSSR count). The van der Waals surface area contributed by atoms with Gasteiger partial charge in [0.25, 0.3) is 0 Å². The van der Waals surface area contributed by atoms with E-state index in [-0.39, 0.29) is 8.80 Å². The Balaban J connectivity index is -0.0000000150. The predicted octanol–water partition coefficient (Wildman–Crippen LogP) is 13.1. The average molecular weight is 2570 g/mol. The van der Waals surface area contributed by atoms with E-state index in [1.165, 1.54) is 0 Å². The molecule has 858 valence electrons. The lowest BCUT2D eigenvalue weighted by atomic mass is 11.8. The van der Waals surface area contributed by atoms with E-state index >= 15 is 0 Å². The zero-order valence-corrected chi connectivity index (χ0v) is 175. The molecule has 0 spiro atoms. The fraction of sp³-hybridized carbons (Fsp3) is 1.00. The molecule has 0 aliphatic carbocycles. The van der Waals surface area contributed by atoms with Crippen LogP contribution in [-0.4, -0.2) is 398 Å². The molecule has 0 unspecified atom stereocenters. The third-order valence-electron chi connectivity index (χ3n) is 0. The molecule has 0 aliphatic heterocycles. The van der Waals surface area contributed by atoms with Gasteiger partial charge in [-0.05, 0) is 0 Å². The Kier molecular flexibility index (Phi) is 1640. The largest absolute Gasteiger partial charge is 0.0750 e. The zero-order valence-electron chi connectivity index (χ0n) is 116. The van der Waals surface area contributed by atoms with E-state index in [1.807, 2.05) is 0 Å². The van der Waals surface area contributed by atoms with E-state index in [4.69, 9.17) is 0 Å². The molecule has 42 heteroatoms. The van der Waals surface area contributed by atoms with Gasteiger partial charge < -0.3 is 0 Å². The molecule has 129 heavy (non-hydrogen) atoms. The van der Waals surface area contributed by atoms with Gasteiger partial charge in [0.2, 0.25) is 0 Å². The average Bonchev–Trinajstić information content (AvgIpc) is 3.65. The van der Waals surface area contributed by atoms with E-state index in [2.05, 4.69) is 570 Å². The number of rotatable bonds is 0. The summed E-state index contributed by atoms with van der Waals surface area (Å²) in [5.41, 5.74) is 0. The Labute approximate surface area is 956 Å². The van der Waals surface area contributed by atoms with E-state index in [0.717, 1.165) is 0 Å². The molecular weight excluding hydrogens is 2220 g/mol. The molecule has 0 nitrogen and oxygen atoms in total. The summed E-state index contributed by atoms with van der Waals surface area (Å²) in [5.74, 6) is 0. The molecule has 0 saturated heterocycles. The highest BCUT2D eigenvalue weighted by atomic mass is 28.3. The lowest BCUT2D eigenvalue weighted by Gasteiger charge is -2.01. The molecule has 0 aliphatic rings. The maximum Gasteiger partial charge on any atom is 0.0411 e. The maximum atomic E-state index is 2.33. The number of hydrogen-bond donors (Lipinski definition) is 0. The van der Waals surface area contributed by atoms with Crippen molar-refractivity contribution < 1.29 is 0 Å². The molecule has 0 N–H and O–H groups in total. The van der Waals surface area contributed by atoms with Gasteiger partial charge in [0.05, 0.1) is 0 Å². The molecule has 0 aromatic carbocycles. The van der Waals surface area contributed by atoms with Crippen LogP contribution < -0.4 is 0 Å². The monoisotopic (exact) mass is 2560 g/mol. The lowest BCUT2D eigenvalue weighted by Crippen LogP contribution is -2.10. The Morgan fingerprint density at radius 1 is 0.0775 bits per heavy atom. The van der Waals surface area contributed by atoms with Crippen LogP contribution in [0.5, 0.6) is 0 Å². The highest BCUT2D eigenvalue weighted by molar-refractivity contribution is 6.74. The van der Waals surface area contributed by atoms with Gasteiger partial charge >= 0.3 is 0 Å². The zero-order chi connectivity index (χ0) is 116. The summed E-state index contributed by atoms with van der Waals surface area (Å²) < 4.78 is 0. The summed E-state index contributed by atoms with van der Waals surface area (Å²) in [6.07, 6.45) is 0. The first-order valence-electron chi connectivity index (χ1n) is 60.3. The Bertz CT molecular complexity index is 435. The molecule has 0 heterocycles. The van der Waals surface area contributed by atoms with E-state index in [9.17, 15) is 0 Å². The normalized spacial score (nSPS) is 6.33. The Morgan fingerprint density at radius 2 is 0.0775 bits per heavy atom. The topological polar surface area (TPSA) is 0 Å². The van der Waals surface area contributed by atoms with Crippen molar-refractivity contribution in [1.29, 1.82) is 0 Å². The molecule has 0 aromatic heterocycles. The molecular formula is C87H342Si42. The summed E-state index contributed by atoms with van der Waals surface area (Å²) in [4.78, 5) is 0. The third kappa shape index (κ3) is 30200. The molecule has 0 aromatic rings. The van der Waals surface area contributed by atoms with Crippen molar-refractivity contribution in [3.05, 3.63) is 0 Å². The fourth-order valence-corrected chi connectivity index (χ4v) is 0. The van der Waals surface area contributed by atoms with Crippen molar-refractivity contribution in [2.75, 3.05) is 0 Å². The van der Waals surface area contributed by atoms with Crippen LogP contribution in [-0.2, 0) is 0 Å². The van der Waals surface area contributed by atoms with Crippen molar-refractivity contribution in [1.82, 2.24) is 0 Å². The van der Waals surface area contributed by atoms with Crippen LogP contribution in [0, 0.1) is 0 Å². The maximum absolute atomic E-state index is 2.33. The van der Waals surface area contributed by atoms with Gasteiger partial charge in [-0.3, -0.25) is 0 Å². The van der Waals surface area contributed by atoms with Gasteiger partial charge in [-0.25, -0.2) is 0 Å². The highest BCUT2D eigenvalue weighted by Gasteiger charge is 1.99. The first-order chi connectivity index (χ1) is 60.3. The fourth-order valence-electron chi connectivity index (χ4n) is 0. The first-order valence-corrected chi connectivity index (χ1v) is 181. The standard InChI is InChI=1S/C4H12Si.C3H10Si.40C2H8Si/c1-5(2,3)4;1-4(2)3;40*1-3-2/h1-4H3;4H,1-3H3;40*3H2,1-2H3. The Morgan fingerprint density at radius 3 is 0.0775 bits per heavy atom. The van der Waals surface area contributed by atoms with Crippen LogP contribution in [0.25, 0.3) is 0 Å². The third-order valence-corrected chi connectivity index (χ3v) is 0. The molecule has 0 radical (unpaired) electrons. The molecule has 0 bridgehead atoms. The van der Waals surface area contributed by atoms with E-state index in [1.54, 1.807) is 0 Å². The SMILES string of the molecule is C[SiH2]C.C[SiH2]C.C[SiH2]C.C[SiH2]C.C[SiH2]C.C[SiH2]C.C[SiH2]C.C[SiH2]C.C[SiH2]C.C[SiH2]C.C[SiH2]C.C[SiH2]C.C[SiH2]C.C[SiH2]C.C[SiH2]C.C[SiH2]C.C[SiH2]C.C[SiH2]C.C[SiH2]C.C[SiH2]C.C[SiH2]C.C[SiH2]C.C[SiH2]C.C[SiH2]C.C[SiH2]C.C[SiH2]C.C[SiH2]C.C[SiH2]C.C[SiH2]C.C[SiH2]C.C[SiH2]C.C[SiH2]C.C[SiH2]C.C[SiH2]C.C[SiH2]C.C[SiH2]C.C[SiH2]C.C[SiH2]C.C[SiH2]C.C[SiH2]C.C[SiH](C)C.C[Si](C)(C)C. The highest BCUT2D eigenvalue weighted by Crippen LogP contribution is 1.94. The van der Waals surface area contributed by atoms with Crippen molar-refractivity contribution in [2.24, 2.45) is 0 Å². The Hall–Kier alpha value is 9.11. The summed E-state index contributed by atoms with van der Waals surface area (Å²) in [6.45, 7) is 197. The van der Waals surface area contributed by atoms with Crippen LogP contribution in [0.15, 0.2) is 0 Å². The second kappa shape index (κ2) is 752. The van der Waals surface area contributed by atoms with Gasteiger partial charge in [0, 0.05) is 398 Å². The predicted molar refractivity (Wildman–Crippen MR) is 865 cm³/mol. The summed E-state index contributed by atoms with van der Waals surface area (Å²) >= 11 is 0. The van der Waals surface area contributed by atoms with Gasteiger partial charge in [-0.1, -0.05) is 570 Å². The van der Waals surface area contributed by atoms with Crippen LogP contribution >= 0.6 is 0 Å². The van der Waals surface area contributed by atoms with Crippen LogP contribution in [0.1, 0.15) is 0 Å². The minimum atomic E-state index is -0.611. The summed E-state index contributed by atoms with van der Waals surface area (Å²) in [6, 6.07) is 0. The van der Waals surface area contributed by atoms with Gasteiger partial charge in [-0.2, -0.15) is 0 Å². The smallest absolute Gasteiger partial charge is 0.0411 e. The second-order valence-corrected chi connectivity index (χ2v) is 99.0. The van der Waals surface area contributed by atoms with E-state index < -0.39 is 8.07 Å². The van der Waals surface area contributed by atoms with Crippen molar-refractivity contribution in [3.8, 4) is 0 Å². The molecule has 0 amide bonds. The molecule has 0 atom stereocenters. The van der Waals surface area contributed by atoms with Crippen LogP contribution in [0.3, 0.4) is 0 Å². The lowest BCUT2D eigenvalue weighted by molar-refractivity contribution is 1.71. The van der Waals surface area contributed by atoms with Gasteiger partial charge in [0.15, 0.2) is 0 Å². The van der Waals surface area contributed by atoms with Crippen molar-refractivity contribution >= 4 is 398 Å². The molecule has 0 saturated carbocycles. The van der Waals surface area contributed by atoms with Crippen molar-refractivity contribution in [2.45, 2.75) is 570 Å². The summed E-state index contributed by atoms with van der Waals surface area (Å²) in [7, 11) is 15.9. The van der Waals surface area contributed by atoms with E-state index in [0.29, 0.717) is 381 Å². The second-order valence-electron chi connectivity index (χ2n) is 33.0.